The number of aliphatic hydroxyl groups is 23. The molecule has 43 nitrogen and oxygen atoms in total. The van der Waals surface area contributed by atoms with Crippen LogP contribution >= 0.6 is 0 Å². The molecule has 24 N–H and O–H groups in total. The van der Waals surface area contributed by atoms with Gasteiger partial charge < -0.3 is 203 Å². The van der Waals surface area contributed by atoms with Crippen LogP contribution in [0.2, 0.25) is 0 Å². The fourth-order valence-corrected chi connectivity index (χ4v) is 22.8. The zero-order chi connectivity index (χ0) is 91.7. The molecule has 126 heavy (non-hydrogen) atoms. The highest BCUT2D eigenvalue weighted by Gasteiger charge is 2.74. The summed E-state index contributed by atoms with van der Waals surface area (Å²) < 4.78 is 104. The number of rotatable bonds is 23. The number of esters is 2. The number of benzene rings is 1. The van der Waals surface area contributed by atoms with Crippen molar-refractivity contribution in [3.63, 3.8) is 0 Å². The molecule has 13 aliphatic rings. The molecule has 5 aliphatic carbocycles. The summed E-state index contributed by atoms with van der Waals surface area (Å²) in [5, 5.41) is 268. The molecular weight excluding hydrogens is 1680 g/mol. The third kappa shape index (κ3) is 17.3. The van der Waals surface area contributed by atoms with E-state index in [1.165, 1.54) is 38.1 Å². The van der Waals surface area contributed by atoms with Crippen LogP contribution in [0.5, 0.6) is 5.75 Å². The maximum atomic E-state index is 16.6. The molecular formula is C83H128O43. The van der Waals surface area contributed by atoms with Crippen LogP contribution in [0.25, 0.3) is 0 Å². The molecule has 0 spiro atoms. The van der Waals surface area contributed by atoms with E-state index in [-0.39, 0.29) is 36.7 Å². The van der Waals surface area contributed by atoms with Crippen LogP contribution in [-0.4, -0.2) is 426 Å². The molecule has 0 amide bonds. The second-order valence-electron chi connectivity index (χ2n) is 38.6. The zero-order valence-electron chi connectivity index (χ0n) is 71.2. The molecule has 8 aliphatic heterocycles. The Morgan fingerprint density at radius 2 is 0.905 bits per heavy atom. The summed E-state index contributed by atoms with van der Waals surface area (Å²) in [5.41, 5.74) is -5.97. The second kappa shape index (κ2) is 37.8. The Bertz CT molecular complexity index is 3880. The van der Waals surface area contributed by atoms with Crippen LogP contribution < -0.4 is 0 Å². The molecule has 4 saturated carbocycles. The van der Waals surface area contributed by atoms with Crippen molar-refractivity contribution < 1.29 is 213 Å². The summed E-state index contributed by atoms with van der Waals surface area (Å²) in [6.07, 6.45) is -69.6. The largest absolute Gasteiger partial charge is 0.507 e. The number of phenolic OH excluding ortho intramolecular Hbond substituents is 1. The monoisotopic (exact) mass is 1810 g/mol. The molecule has 0 bridgehead atoms. The van der Waals surface area contributed by atoms with E-state index in [1.807, 2.05) is 34.6 Å². The lowest BCUT2D eigenvalue weighted by molar-refractivity contribution is -0.390. The van der Waals surface area contributed by atoms with Gasteiger partial charge in [-0.1, -0.05) is 72.2 Å². The normalized spacial score (nSPS) is 51.9. The number of phenols is 1. The van der Waals surface area contributed by atoms with E-state index in [4.69, 9.17) is 80.5 Å². The van der Waals surface area contributed by atoms with Crippen LogP contribution in [0.3, 0.4) is 0 Å². The third-order valence-corrected chi connectivity index (χ3v) is 30.6. The van der Waals surface area contributed by atoms with Gasteiger partial charge in [0.15, 0.2) is 50.1 Å². The first-order chi connectivity index (χ1) is 59.3. The lowest BCUT2D eigenvalue weighted by Gasteiger charge is -2.72. The summed E-state index contributed by atoms with van der Waals surface area (Å²) in [7, 11) is 0. The number of allylic oxidation sites excluding steroid dienone is 2. The molecule has 12 fully saturated rings. The van der Waals surface area contributed by atoms with Gasteiger partial charge in [-0.05, 0) is 110 Å². The van der Waals surface area contributed by atoms with Gasteiger partial charge in [-0.2, -0.15) is 0 Å². The number of carbonyl (C=O) groups is 2. The van der Waals surface area contributed by atoms with Crippen molar-refractivity contribution in [2.75, 3.05) is 39.6 Å². The molecule has 0 radical (unpaired) electrons. The van der Waals surface area contributed by atoms with E-state index in [1.54, 1.807) is 0 Å². The zero-order valence-corrected chi connectivity index (χ0v) is 71.2. The summed E-state index contributed by atoms with van der Waals surface area (Å²) in [6, 6.07) is 5.61. The Labute approximate surface area is 724 Å². The minimum Gasteiger partial charge on any atom is -0.507 e. The fraction of sp³-hybridized carbons (Fsp3) is 0.880. The van der Waals surface area contributed by atoms with Crippen molar-refractivity contribution in [3.05, 3.63) is 41.5 Å². The lowest BCUT2D eigenvalue weighted by atomic mass is 9.33. The van der Waals surface area contributed by atoms with Crippen molar-refractivity contribution in [2.24, 2.45) is 50.2 Å². The SMILES string of the molecule is C[C@@H]1O[C@@H](O[C@H]2[C@H](OC(=O)[C@]34C[C@H](OC(=O)c5ccccc5O)C(C)(C)C[C@H]3C3=CC[C@@H]5[C@@]6(C)CC[C@H](O[C@@H]7O[C@H](CO[C@@H]8O[C@H](C)[C@H](O)[C@H](O)[C@H]8O[C@@H]8OC[C@@H](O)[C@H](O)[C@H]8O)[C@@H](O)[C@H](O)[C@H]7O[C@@H]7O[C@H](CO)[C@@H](O)[C@H](O)[C@H]7O)C(C)(C)[C@@H]6CC[C@@]5(C)[C@]3(C)C[C@H]4O)O[C@H](CO)[C@@H](O)[C@@H]2O)[C@H](O)[C@H](O[C@@H]2O[C@H](CO)[C@@H](O)[C@H](O)[C@H]2O)[C@H]1O[C@@H]1O[C@@H](CO)[C@H](O)[C@H]1O. The predicted octanol–water partition coefficient (Wildman–Crippen LogP) is -7.89. The molecule has 8 heterocycles. The molecule has 43 heteroatoms. The Hall–Kier alpha value is -3.82. The minimum atomic E-state index is -2.26. The van der Waals surface area contributed by atoms with E-state index in [0.29, 0.717) is 25.7 Å². The highest BCUT2D eigenvalue weighted by Crippen LogP contribution is 2.76. The highest BCUT2D eigenvalue weighted by atomic mass is 16.8. The first-order valence-electron chi connectivity index (χ1n) is 43.3. The van der Waals surface area contributed by atoms with E-state index >= 15 is 4.79 Å². The fourth-order valence-electron chi connectivity index (χ4n) is 22.8. The van der Waals surface area contributed by atoms with Crippen LogP contribution in [0, 0.1) is 50.2 Å². The summed E-state index contributed by atoms with van der Waals surface area (Å²) in [4.78, 5) is 31.0. The van der Waals surface area contributed by atoms with Crippen LogP contribution in [0.15, 0.2) is 35.9 Å². The van der Waals surface area contributed by atoms with E-state index in [0.717, 1.165) is 5.57 Å². The highest BCUT2D eigenvalue weighted by molar-refractivity contribution is 5.92. The Kier molecular flexibility index (Phi) is 29.5. The van der Waals surface area contributed by atoms with Crippen LogP contribution in [0.1, 0.15) is 124 Å². The summed E-state index contributed by atoms with van der Waals surface area (Å²) in [6.45, 7) is 12.0. The number of para-hydroxylation sites is 1. The number of aliphatic hydroxyl groups excluding tert-OH is 23. The number of fused-ring (bicyclic) bond motifs is 7. The standard InChI is InChI=1S/C83H128O43/c1-29-46(91)55(100)65(123-69-58(103)47(92)35(89)27-110-69)74(112-29)111-28-40-52(97)57(102)66(124-72-61(106)54(99)49(94)37(24-85)115-72)75(118-40)120-44-17-18-80(7)41(79(44,5)6)16-19-81(8)42(80)15-14-32-33-20-78(3,4)45(119-68(108)31-12-10-11-13-34(31)88)22-83(33,43(90)21-82(32,81)9)77(109)126-76-67(56(101)50(95)38(25-86)117-76)125-73-62(107)64(122-71-60(105)53(98)48(93)36(23-84)114-71)63(30(2)113-73)121-70-59(104)51(96)39(26-87)116-70/h10-14,29-30,33,35-67,69-76,84-107H,15-28H2,1-9H3/t29-,30+,33+,35-,36-,37-,38-,39+,40-,41+,42-,43-,44+,45+,46+,47+,48-,49-,50-,51+,52-,53+,54+,55+,56+,57+,58-,59-,60-,61-,62-,63+,64+,65-,66-,67-,69+,70+,71+,72+,73+,74-,75+,76+,80+,81-,82-,83-/m1/s1. The molecule has 0 aromatic heterocycles. The number of aromatic hydroxyl groups is 1. The van der Waals surface area contributed by atoms with Crippen molar-refractivity contribution in [2.45, 2.75) is 365 Å². The van der Waals surface area contributed by atoms with Gasteiger partial charge in [-0.15, -0.1) is 0 Å². The number of hydrogen-bond acceptors (Lipinski definition) is 43. The smallest absolute Gasteiger partial charge is 0.342 e. The van der Waals surface area contributed by atoms with Gasteiger partial charge >= 0.3 is 11.9 Å². The maximum Gasteiger partial charge on any atom is 0.342 e. The van der Waals surface area contributed by atoms with Crippen molar-refractivity contribution in [1.82, 2.24) is 0 Å². The summed E-state index contributed by atoms with van der Waals surface area (Å²) >= 11 is 0. The second-order valence-corrected chi connectivity index (χ2v) is 38.6. The van der Waals surface area contributed by atoms with Gasteiger partial charge in [0.25, 0.3) is 0 Å². The van der Waals surface area contributed by atoms with Crippen LogP contribution in [-0.2, 0) is 85.3 Å². The average Bonchev–Trinajstić information content (AvgIpc) is 0.718. The van der Waals surface area contributed by atoms with Crippen LogP contribution in [0.4, 0.5) is 0 Å². The van der Waals surface area contributed by atoms with E-state index < -0.39 is 354 Å². The lowest BCUT2D eigenvalue weighted by Crippen LogP contribution is -2.70. The quantitative estimate of drug-likeness (QED) is 0.0275. The molecule has 0 unspecified atom stereocenters. The average molecular weight is 1810 g/mol. The molecule has 14 rings (SSSR count). The number of ether oxygens (including phenoxy) is 17. The molecule has 48 atom stereocenters. The molecule has 8 saturated heterocycles. The number of hydrogen-bond donors (Lipinski definition) is 24. The minimum absolute atomic E-state index is 0.00246. The van der Waals surface area contributed by atoms with Gasteiger partial charge in [0.1, 0.15) is 188 Å². The maximum absolute atomic E-state index is 16.6. The van der Waals surface area contributed by atoms with Gasteiger partial charge in [0.2, 0.25) is 6.29 Å². The van der Waals surface area contributed by atoms with E-state index in [9.17, 15) is 127 Å². The van der Waals surface area contributed by atoms with Gasteiger partial charge in [-0.25, -0.2) is 4.79 Å². The molecule has 718 valence electrons. The topological polar surface area (TPSA) is 677 Å². The summed E-state index contributed by atoms with van der Waals surface area (Å²) in [5.74, 6) is -4.10. The number of carbonyl (C=O) groups excluding carboxylic acids is 2. The molecule has 1 aromatic carbocycles. The van der Waals surface area contributed by atoms with Crippen molar-refractivity contribution in [3.8, 4) is 5.75 Å². The Morgan fingerprint density at radius 1 is 0.429 bits per heavy atom. The van der Waals surface area contributed by atoms with Crippen molar-refractivity contribution in [1.29, 1.82) is 0 Å². The molecule has 1 aromatic rings. The Morgan fingerprint density at radius 3 is 1.49 bits per heavy atom. The van der Waals surface area contributed by atoms with Gasteiger partial charge in [0.05, 0.1) is 64.1 Å². The first kappa shape index (κ1) is 98.2. The van der Waals surface area contributed by atoms with Crippen molar-refractivity contribution >= 4 is 11.9 Å². The van der Waals surface area contributed by atoms with Gasteiger partial charge in [0, 0.05) is 11.8 Å². The Balaban J connectivity index is 0.757. The third-order valence-electron chi connectivity index (χ3n) is 30.6. The van der Waals surface area contributed by atoms with E-state index in [2.05, 4.69) is 19.9 Å². The first-order valence-corrected chi connectivity index (χ1v) is 43.3. The predicted molar refractivity (Wildman–Crippen MR) is 413 cm³/mol. The van der Waals surface area contributed by atoms with Gasteiger partial charge in [-0.3, -0.25) is 4.79 Å².